The van der Waals surface area contributed by atoms with Gasteiger partial charge < -0.3 is 10.6 Å². The van der Waals surface area contributed by atoms with Gasteiger partial charge in [-0.25, -0.2) is 4.79 Å². The van der Waals surface area contributed by atoms with Crippen LogP contribution in [0.2, 0.25) is 0 Å². The number of nitrogen functional groups attached to an aromatic ring is 1. The molecule has 5 nitrogen and oxygen atoms in total. The van der Waals surface area contributed by atoms with E-state index in [1.807, 2.05) is 0 Å². The first-order valence-electron chi connectivity index (χ1n) is 3.22. The summed E-state index contributed by atoms with van der Waals surface area (Å²) in [6, 6.07) is 1.50. The molecular formula is C6H9N3O2. The topological polar surface area (TPSA) is 70.1 Å². The summed E-state index contributed by atoms with van der Waals surface area (Å²) >= 11 is 0. The van der Waals surface area contributed by atoms with Crippen LogP contribution in [0.5, 0.6) is 0 Å². The molecular weight excluding hydrogens is 146 g/mol. The number of rotatable bonds is 2. The standard InChI is InChI=1S/C6H9N3O2/c1-2-11-6(10)5-3-4-9(7)8-5/h3-4H,2,7H2,1H3. The highest BCUT2D eigenvalue weighted by Gasteiger charge is 2.08. The fraction of sp³-hybridized carbons (Fsp3) is 0.333. The zero-order chi connectivity index (χ0) is 8.27. The highest BCUT2D eigenvalue weighted by atomic mass is 16.5. The summed E-state index contributed by atoms with van der Waals surface area (Å²) in [7, 11) is 0. The van der Waals surface area contributed by atoms with Crippen LogP contribution in [0, 0.1) is 0 Å². The summed E-state index contributed by atoms with van der Waals surface area (Å²) in [5.41, 5.74) is 0.231. The number of hydrogen-bond acceptors (Lipinski definition) is 4. The predicted molar refractivity (Wildman–Crippen MR) is 38.3 cm³/mol. The zero-order valence-electron chi connectivity index (χ0n) is 6.15. The molecule has 11 heavy (non-hydrogen) atoms. The third kappa shape index (κ3) is 1.70. The van der Waals surface area contributed by atoms with Gasteiger partial charge in [0.2, 0.25) is 0 Å². The number of carbonyl (C=O) groups is 1. The van der Waals surface area contributed by atoms with E-state index < -0.39 is 5.97 Å². The van der Waals surface area contributed by atoms with Crippen molar-refractivity contribution in [2.75, 3.05) is 12.4 Å². The number of hydrogen-bond donors (Lipinski definition) is 1. The maximum atomic E-state index is 10.9. The van der Waals surface area contributed by atoms with Gasteiger partial charge in [0, 0.05) is 6.20 Å². The highest BCUT2D eigenvalue weighted by molar-refractivity contribution is 5.86. The molecule has 60 valence electrons. The Bertz CT molecular complexity index is 256. The zero-order valence-corrected chi connectivity index (χ0v) is 6.15. The Morgan fingerprint density at radius 2 is 2.64 bits per heavy atom. The van der Waals surface area contributed by atoms with E-state index in [1.54, 1.807) is 6.92 Å². The molecule has 1 aromatic rings. The largest absolute Gasteiger partial charge is 0.461 e. The molecule has 5 heteroatoms. The molecule has 0 spiro atoms. The van der Waals surface area contributed by atoms with Gasteiger partial charge in [-0.15, -0.1) is 5.10 Å². The van der Waals surface area contributed by atoms with E-state index >= 15 is 0 Å². The number of ether oxygens (including phenoxy) is 1. The maximum Gasteiger partial charge on any atom is 0.358 e. The van der Waals surface area contributed by atoms with Crippen LogP contribution in [0.1, 0.15) is 17.4 Å². The normalized spacial score (nSPS) is 9.55. The third-order valence-electron chi connectivity index (χ3n) is 1.09. The van der Waals surface area contributed by atoms with Gasteiger partial charge in [0.1, 0.15) is 0 Å². The Balaban J connectivity index is 2.69. The number of nitrogens with two attached hydrogens (primary N) is 1. The van der Waals surface area contributed by atoms with Crippen molar-refractivity contribution in [2.45, 2.75) is 6.92 Å². The van der Waals surface area contributed by atoms with E-state index in [0.29, 0.717) is 6.61 Å². The Morgan fingerprint density at radius 3 is 3.09 bits per heavy atom. The first-order valence-corrected chi connectivity index (χ1v) is 3.22. The molecule has 0 aliphatic carbocycles. The van der Waals surface area contributed by atoms with Gasteiger partial charge in [0.05, 0.1) is 6.61 Å². The molecule has 1 rings (SSSR count). The first kappa shape index (κ1) is 7.59. The average Bonchev–Trinajstić information content (AvgIpc) is 2.36. The average molecular weight is 155 g/mol. The lowest BCUT2D eigenvalue weighted by molar-refractivity contribution is 0.0519. The Kier molecular flexibility index (Phi) is 2.10. The Morgan fingerprint density at radius 1 is 1.91 bits per heavy atom. The maximum absolute atomic E-state index is 10.9. The van der Waals surface area contributed by atoms with Crippen molar-refractivity contribution < 1.29 is 9.53 Å². The van der Waals surface area contributed by atoms with Crippen molar-refractivity contribution in [3.63, 3.8) is 0 Å². The molecule has 0 atom stereocenters. The van der Waals surface area contributed by atoms with Crippen LogP contribution >= 0.6 is 0 Å². The Hall–Kier alpha value is -1.52. The second-order valence-electron chi connectivity index (χ2n) is 1.90. The lowest BCUT2D eigenvalue weighted by Crippen LogP contribution is -2.11. The van der Waals surface area contributed by atoms with Crippen LogP contribution in [-0.4, -0.2) is 22.5 Å². The molecule has 0 saturated carbocycles. The van der Waals surface area contributed by atoms with E-state index in [1.165, 1.54) is 12.3 Å². The number of aromatic nitrogens is 2. The summed E-state index contributed by atoms with van der Waals surface area (Å²) in [5.74, 6) is 4.76. The van der Waals surface area contributed by atoms with Crippen LogP contribution in [0.3, 0.4) is 0 Å². The molecule has 2 N–H and O–H groups in total. The highest BCUT2D eigenvalue weighted by Crippen LogP contribution is 1.95. The molecule has 0 amide bonds. The van der Waals surface area contributed by atoms with Crippen LogP contribution in [0.4, 0.5) is 0 Å². The van der Waals surface area contributed by atoms with Crippen molar-refractivity contribution in [3.05, 3.63) is 18.0 Å². The first-order chi connectivity index (χ1) is 5.24. The number of carbonyl (C=O) groups excluding carboxylic acids is 1. The summed E-state index contributed by atoms with van der Waals surface area (Å²) in [6.07, 6.45) is 1.48. The quantitative estimate of drug-likeness (QED) is 0.473. The van der Waals surface area contributed by atoms with E-state index in [4.69, 9.17) is 5.84 Å². The lowest BCUT2D eigenvalue weighted by Gasteiger charge is -1.95. The van der Waals surface area contributed by atoms with Crippen molar-refractivity contribution >= 4 is 5.97 Å². The summed E-state index contributed by atoms with van der Waals surface area (Å²) < 4.78 is 4.67. The Labute approximate surface area is 63.7 Å². The van der Waals surface area contributed by atoms with E-state index in [9.17, 15) is 4.79 Å². The van der Waals surface area contributed by atoms with Crippen molar-refractivity contribution in [3.8, 4) is 0 Å². The predicted octanol–water partition coefficient (Wildman–Crippen LogP) is -0.226. The van der Waals surface area contributed by atoms with E-state index in [-0.39, 0.29) is 5.69 Å². The van der Waals surface area contributed by atoms with Gasteiger partial charge in [-0.2, -0.15) is 4.79 Å². The molecule has 0 aliphatic heterocycles. The minimum atomic E-state index is -0.447. The van der Waals surface area contributed by atoms with Gasteiger partial charge >= 0.3 is 5.97 Å². The minimum Gasteiger partial charge on any atom is -0.461 e. The van der Waals surface area contributed by atoms with Gasteiger partial charge in [0.15, 0.2) is 5.69 Å². The lowest BCUT2D eigenvalue weighted by atomic mass is 10.4. The molecule has 0 saturated heterocycles. The van der Waals surface area contributed by atoms with E-state index in [0.717, 1.165) is 4.79 Å². The van der Waals surface area contributed by atoms with Crippen LogP contribution < -0.4 is 5.84 Å². The second-order valence-corrected chi connectivity index (χ2v) is 1.90. The number of esters is 1. The van der Waals surface area contributed by atoms with Crippen LogP contribution in [0.15, 0.2) is 12.3 Å². The molecule has 0 radical (unpaired) electrons. The molecule has 0 aliphatic rings. The summed E-state index contributed by atoms with van der Waals surface area (Å²) in [5, 5.41) is 3.65. The van der Waals surface area contributed by atoms with Crippen molar-refractivity contribution in [1.82, 2.24) is 9.89 Å². The van der Waals surface area contributed by atoms with Gasteiger partial charge in [-0.05, 0) is 13.0 Å². The van der Waals surface area contributed by atoms with Crippen LogP contribution in [-0.2, 0) is 4.74 Å². The second kappa shape index (κ2) is 3.05. The number of nitrogens with zero attached hydrogens (tertiary/aromatic N) is 2. The minimum absolute atomic E-state index is 0.231. The fourth-order valence-electron chi connectivity index (χ4n) is 0.652. The van der Waals surface area contributed by atoms with Crippen LogP contribution in [0.25, 0.3) is 0 Å². The molecule has 0 aromatic carbocycles. The third-order valence-corrected chi connectivity index (χ3v) is 1.09. The molecule has 0 fully saturated rings. The molecule has 1 heterocycles. The monoisotopic (exact) mass is 155 g/mol. The summed E-state index contributed by atoms with van der Waals surface area (Å²) in [6.45, 7) is 2.08. The van der Waals surface area contributed by atoms with Crippen molar-refractivity contribution in [1.29, 1.82) is 0 Å². The molecule has 0 bridgehead atoms. The smallest absolute Gasteiger partial charge is 0.358 e. The molecule has 1 aromatic heterocycles. The van der Waals surface area contributed by atoms with Gasteiger partial charge in [-0.1, -0.05) is 0 Å². The van der Waals surface area contributed by atoms with Gasteiger partial charge in [0.25, 0.3) is 0 Å². The SMILES string of the molecule is CCOC(=O)c1ccn(N)n1. The van der Waals surface area contributed by atoms with Gasteiger partial charge in [-0.3, -0.25) is 0 Å². The van der Waals surface area contributed by atoms with Crippen molar-refractivity contribution in [2.24, 2.45) is 0 Å². The fourth-order valence-corrected chi connectivity index (χ4v) is 0.652. The molecule has 0 unspecified atom stereocenters. The van der Waals surface area contributed by atoms with E-state index in [2.05, 4.69) is 9.84 Å². The summed E-state index contributed by atoms with van der Waals surface area (Å²) in [4.78, 5) is 12.0.